The third-order valence-corrected chi connectivity index (χ3v) is 5.05. The first kappa shape index (κ1) is 22.1. The second-order valence-electron chi connectivity index (χ2n) is 7.51. The molecule has 0 bridgehead atoms. The number of oxazole rings is 1. The lowest BCUT2D eigenvalue weighted by Crippen LogP contribution is -2.01. The number of hydrogen-bond acceptors (Lipinski definition) is 6. The van der Waals surface area contributed by atoms with Crippen LogP contribution in [0.3, 0.4) is 0 Å². The summed E-state index contributed by atoms with van der Waals surface area (Å²) in [5, 5.41) is 17.1. The summed E-state index contributed by atoms with van der Waals surface area (Å²) in [6.07, 6.45) is 3.71. The Kier molecular flexibility index (Phi) is 6.69. The van der Waals surface area contributed by atoms with Gasteiger partial charge in [0.25, 0.3) is 0 Å². The zero-order valence-electron chi connectivity index (χ0n) is 18.5. The van der Waals surface area contributed by atoms with E-state index in [1.54, 1.807) is 23.7 Å². The summed E-state index contributed by atoms with van der Waals surface area (Å²) in [5.41, 5.74) is 3.09. The summed E-state index contributed by atoms with van der Waals surface area (Å²) in [6, 6.07) is 16.5. The number of benzene rings is 2. The molecule has 0 aliphatic heterocycles. The molecule has 0 amide bonds. The average Bonchev–Trinajstić information content (AvgIpc) is 3.42. The van der Waals surface area contributed by atoms with Gasteiger partial charge >= 0.3 is 0 Å². The van der Waals surface area contributed by atoms with Crippen LogP contribution in [0.2, 0.25) is 0 Å². The van der Waals surface area contributed by atoms with Gasteiger partial charge in [0.2, 0.25) is 11.6 Å². The van der Waals surface area contributed by atoms with Crippen molar-refractivity contribution in [1.82, 2.24) is 14.8 Å². The molecule has 2 aromatic heterocycles. The molecule has 2 aromatic carbocycles. The minimum absolute atomic E-state index is 0.184. The van der Waals surface area contributed by atoms with Crippen LogP contribution in [-0.4, -0.2) is 21.4 Å². The van der Waals surface area contributed by atoms with E-state index in [2.05, 4.69) is 17.2 Å². The molecule has 4 rings (SSSR count). The van der Waals surface area contributed by atoms with Crippen molar-refractivity contribution in [2.45, 2.75) is 33.2 Å². The van der Waals surface area contributed by atoms with E-state index in [1.165, 1.54) is 6.07 Å². The molecule has 8 heteroatoms. The van der Waals surface area contributed by atoms with Crippen LogP contribution in [-0.2, 0) is 6.54 Å². The standard InChI is InChI=1S/C25H24FN5O2/c1-3-4-12-32-23-11-10-18(13-21(23)26)24-19(15-28-25-22(14-27)29-17(2)33-25)16-31(30-24)20-8-6-5-7-9-20/h5-11,13,16,28H,3-4,12,15H2,1-2H3. The number of nitrogens with zero attached hydrogens (tertiary/aromatic N) is 4. The van der Waals surface area contributed by atoms with E-state index >= 15 is 0 Å². The number of halogens is 1. The quantitative estimate of drug-likeness (QED) is 0.336. The molecule has 0 fully saturated rings. The van der Waals surface area contributed by atoms with Crippen LogP contribution in [0.5, 0.6) is 5.75 Å². The molecular formula is C25H24FN5O2. The summed E-state index contributed by atoms with van der Waals surface area (Å²) in [4.78, 5) is 4.05. The Labute approximate surface area is 191 Å². The first-order chi connectivity index (χ1) is 16.1. The number of unbranched alkanes of at least 4 members (excludes halogenated alkanes) is 1. The Morgan fingerprint density at radius 3 is 2.76 bits per heavy atom. The first-order valence-electron chi connectivity index (χ1n) is 10.8. The molecule has 7 nitrogen and oxygen atoms in total. The summed E-state index contributed by atoms with van der Waals surface area (Å²) in [7, 11) is 0. The van der Waals surface area contributed by atoms with Gasteiger partial charge in [-0.3, -0.25) is 0 Å². The van der Waals surface area contributed by atoms with Crippen molar-refractivity contribution in [3.63, 3.8) is 0 Å². The van der Waals surface area contributed by atoms with Crippen LogP contribution in [0.1, 0.15) is 36.9 Å². The van der Waals surface area contributed by atoms with Crippen LogP contribution in [0.15, 0.2) is 59.1 Å². The van der Waals surface area contributed by atoms with Crippen molar-refractivity contribution < 1.29 is 13.5 Å². The van der Waals surface area contributed by atoms with E-state index in [4.69, 9.17) is 14.3 Å². The SMILES string of the molecule is CCCCOc1ccc(-c2nn(-c3ccccc3)cc2CNc2oc(C)nc2C#N)cc1F. The highest BCUT2D eigenvalue weighted by atomic mass is 19.1. The van der Waals surface area contributed by atoms with Crippen LogP contribution >= 0.6 is 0 Å². The van der Waals surface area contributed by atoms with Crippen molar-refractivity contribution in [3.05, 3.63) is 77.7 Å². The van der Waals surface area contributed by atoms with E-state index in [0.29, 0.717) is 36.2 Å². The Balaban J connectivity index is 1.66. The fourth-order valence-electron chi connectivity index (χ4n) is 3.38. The van der Waals surface area contributed by atoms with E-state index in [9.17, 15) is 9.65 Å². The molecule has 0 radical (unpaired) electrons. The molecule has 0 saturated carbocycles. The van der Waals surface area contributed by atoms with Crippen LogP contribution in [0.25, 0.3) is 16.9 Å². The number of rotatable bonds is 9. The summed E-state index contributed by atoms with van der Waals surface area (Å²) in [6.45, 7) is 4.52. The van der Waals surface area contributed by atoms with Gasteiger partial charge in [0, 0.05) is 30.8 Å². The van der Waals surface area contributed by atoms with Gasteiger partial charge in [0.05, 0.1) is 18.0 Å². The largest absolute Gasteiger partial charge is 0.491 e. The maximum absolute atomic E-state index is 14.7. The highest BCUT2D eigenvalue weighted by Crippen LogP contribution is 2.29. The van der Waals surface area contributed by atoms with Gasteiger partial charge in [-0.05, 0) is 36.8 Å². The maximum atomic E-state index is 14.7. The predicted octanol–water partition coefficient (Wildman–Crippen LogP) is 5.64. The van der Waals surface area contributed by atoms with E-state index < -0.39 is 5.82 Å². The number of nitriles is 1. The molecule has 168 valence electrons. The highest BCUT2D eigenvalue weighted by molar-refractivity contribution is 5.65. The van der Waals surface area contributed by atoms with Crippen LogP contribution < -0.4 is 10.1 Å². The molecule has 33 heavy (non-hydrogen) atoms. The Bertz CT molecular complexity index is 1270. The zero-order valence-corrected chi connectivity index (χ0v) is 18.5. The smallest absolute Gasteiger partial charge is 0.232 e. The number of hydrogen-bond donors (Lipinski definition) is 1. The molecule has 0 unspecified atom stereocenters. The second-order valence-corrected chi connectivity index (χ2v) is 7.51. The normalized spacial score (nSPS) is 10.7. The molecule has 0 saturated heterocycles. The summed E-state index contributed by atoms with van der Waals surface area (Å²) < 4.78 is 27.5. The molecule has 1 N–H and O–H groups in total. The monoisotopic (exact) mass is 445 g/mol. The van der Waals surface area contributed by atoms with Crippen LogP contribution in [0.4, 0.5) is 10.3 Å². The first-order valence-corrected chi connectivity index (χ1v) is 10.8. The molecule has 0 spiro atoms. The molecule has 0 aliphatic carbocycles. The van der Waals surface area contributed by atoms with E-state index in [1.807, 2.05) is 42.6 Å². The maximum Gasteiger partial charge on any atom is 0.232 e. The molecule has 0 atom stereocenters. The minimum Gasteiger partial charge on any atom is -0.491 e. The highest BCUT2D eigenvalue weighted by Gasteiger charge is 2.17. The Morgan fingerprint density at radius 2 is 2.03 bits per heavy atom. The van der Waals surface area contributed by atoms with E-state index in [0.717, 1.165) is 24.1 Å². The summed E-state index contributed by atoms with van der Waals surface area (Å²) >= 11 is 0. The lowest BCUT2D eigenvalue weighted by molar-refractivity contribution is 0.294. The average molecular weight is 445 g/mol. The zero-order chi connectivity index (χ0) is 23.2. The van der Waals surface area contributed by atoms with Gasteiger partial charge in [-0.2, -0.15) is 10.4 Å². The number of para-hydroxylation sites is 1. The second kappa shape index (κ2) is 10.0. The lowest BCUT2D eigenvalue weighted by Gasteiger charge is -2.09. The van der Waals surface area contributed by atoms with Crippen LogP contribution in [0, 0.1) is 24.1 Å². The van der Waals surface area contributed by atoms with Gasteiger partial charge < -0.3 is 14.5 Å². The van der Waals surface area contributed by atoms with Crippen molar-refractivity contribution in [1.29, 1.82) is 5.26 Å². The number of nitrogens with one attached hydrogen (secondary N) is 1. The topological polar surface area (TPSA) is 88.9 Å². The third-order valence-electron chi connectivity index (χ3n) is 5.05. The van der Waals surface area contributed by atoms with Gasteiger partial charge in [0.15, 0.2) is 17.5 Å². The predicted molar refractivity (Wildman–Crippen MR) is 123 cm³/mol. The fraction of sp³-hybridized carbons (Fsp3) is 0.240. The molecular weight excluding hydrogens is 421 g/mol. The summed E-state index contributed by atoms with van der Waals surface area (Å²) in [5.74, 6) is 0.480. The number of ether oxygens (including phenoxy) is 1. The van der Waals surface area contributed by atoms with Crippen molar-refractivity contribution in [2.75, 3.05) is 11.9 Å². The van der Waals surface area contributed by atoms with Gasteiger partial charge in [0.1, 0.15) is 6.07 Å². The molecule has 0 aliphatic rings. The molecule has 2 heterocycles. The van der Waals surface area contributed by atoms with Gasteiger partial charge in [-0.25, -0.2) is 14.1 Å². The Hall–Kier alpha value is -4.12. The van der Waals surface area contributed by atoms with Gasteiger partial charge in [-0.15, -0.1) is 0 Å². The number of aromatic nitrogens is 3. The number of aryl methyl sites for hydroxylation is 1. The third kappa shape index (κ3) is 5.04. The van der Waals surface area contributed by atoms with Crippen molar-refractivity contribution >= 4 is 5.88 Å². The van der Waals surface area contributed by atoms with E-state index in [-0.39, 0.29) is 11.4 Å². The van der Waals surface area contributed by atoms with Crippen molar-refractivity contribution in [3.8, 4) is 28.8 Å². The molecule has 4 aromatic rings. The fourth-order valence-corrected chi connectivity index (χ4v) is 3.38. The Morgan fingerprint density at radius 1 is 1.21 bits per heavy atom. The van der Waals surface area contributed by atoms with Gasteiger partial charge in [-0.1, -0.05) is 31.5 Å². The van der Waals surface area contributed by atoms with Crippen molar-refractivity contribution in [2.24, 2.45) is 0 Å². The lowest BCUT2D eigenvalue weighted by atomic mass is 10.1. The number of anilines is 1. The minimum atomic E-state index is -0.436.